The molecule has 4 nitrogen and oxygen atoms in total. The summed E-state index contributed by atoms with van der Waals surface area (Å²) in [6, 6.07) is 13.6. The quantitative estimate of drug-likeness (QED) is 0.899. The van der Waals surface area contributed by atoms with Crippen molar-refractivity contribution in [2.75, 3.05) is 12.4 Å². The van der Waals surface area contributed by atoms with E-state index >= 15 is 0 Å². The predicted molar refractivity (Wildman–Crippen MR) is 78.1 cm³/mol. The Morgan fingerprint density at radius 2 is 1.95 bits per heavy atom. The van der Waals surface area contributed by atoms with Crippen molar-refractivity contribution in [1.82, 2.24) is 0 Å². The summed E-state index contributed by atoms with van der Waals surface area (Å²) < 4.78 is 5.08. The molecule has 0 amide bonds. The number of phenols is 1. The predicted octanol–water partition coefficient (Wildman–Crippen LogP) is 3.73. The lowest BCUT2D eigenvalue weighted by molar-refractivity contribution is 0.415. The first-order valence-corrected chi connectivity index (χ1v) is 6.30. The molecule has 2 rings (SSSR count). The van der Waals surface area contributed by atoms with E-state index in [0.717, 1.165) is 11.4 Å². The molecule has 0 bridgehead atoms. The van der Waals surface area contributed by atoms with Gasteiger partial charge in [0.15, 0.2) is 0 Å². The standard InChI is InChI=1S/C15H13ClN2O2/c1-20-12-5-3-11(4-6-12)18-14(9-17)10-2-7-15(19)13(16)8-10/h2-8,14,18-19H,1H3. The number of nitrogens with zero attached hydrogens (tertiary/aromatic N) is 1. The van der Waals surface area contributed by atoms with Crippen LogP contribution in [0.15, 0.2) is 42.5 Å². The second-order valence-corrected chi connectivity index (χ2v) is 4.55. The summed E-state index contributed by atoms with van der Waals surface area (Å²) in [5, 5.41) is 22.0. The monoisotopic (exact) mass is 288 g/mol. The van der Waals surface area contributed by atoms with E-state index in [0.29, 0.717) is 5.56 Å². The Labute approximate surface area is 122 Å². The van der Waals surface area contributed by atoms with Gasteiger partial charge in [-0.3, -0.25) is 0 Å². The zero-order chi connectivity index (χ0) is 14.5. The van der Waals surface area contributed by atoms with Crippen molar-refractivity contribution < 1.29 is 9.84 Å². The van der Waals surface area contributed by atoms with Crippen LogP contribution in [0.1, 0.15) is 11.6 Å². The molecule has 0 saturated carbocycles. The Bertz CT molecular complexity index is 635. The summed E-state index contributed by atoms with van der Waals surface area (Å²) in [6.45, 7) is 0. The van der Waals surface area contributed by atoms with Crippen LogP contribution in [-0.2, 0) is 0 Å². The fourth-order valence-electron chi connectivity index (χ4n) is 1.75. The third-order valence-corrected chi connectivity index (χ3v) is 3.14. The topological polar surface area (TPSA) is 65.3 Å². The number of ether oxygens (including phenoxy) is 1. The van der Waals surface area contributed by atoms with Gasteiger partial charge in [0.1, 0.15) is 17.5 Å². The van der Waals surface area contributed by atoms with Crippen LogP contribution in [0.25, 0.3) is 0 Å². The van der Waals surface area contributed by atoms with Crippen molar-refractivity contribution in [3.05, 3.63) is 53.1 Å². The third-order valence-electron chi connectivity index (χ3n) is 2.84. The van der Waals surface area contributed by atoms with E-state index in [4.69, 9.17) is 16.3 Å². The number of hydrogen-bond donors (Lipinski definition) is 2. The van der Waals surface area contributed by atoms with Gasteiger partial charge < -0.3 is 15.2 Å². The Hall–Kier alpha value is -2.38. The summed E-state index contributed by atoms with van der Waals surface area (Å²) in [5.41, 5.74) is 1.48. The van der Waals surface area contributed by atoms with Gasteiger partial charge in [0, 0.05) is 5.69 Å². The summed E-state index contributed by atoms with van der Waals surface area (Å²) in [6.07, 6.45) is 0. The van der Waals surface area contributed by atoms with Crippen LogP contribution in [0.5, 0.6) is 11.5 Å². The smallest absolute Gasteiger partial charge is 0.140 e. The average Bonchev–Trinajstić information content (AvgIpc) is 2.48. The van der Waals surface area contributed by atoms with E-state index in [9.17, 15) is 10.4 Å². The van der Waals surface area contributed by atoms with E-state index in [2.05, 4.69) is 11.4 Å². The number of rotatable bonds is 4. The number of nitrogens with one attached hydrogen (secondary N) is 1. The SMILES string of the molecule is COc1ccc(NC(C#N)c2ccc(O)c(Cl)c2)cc1. The van der Waals surface area contributed by atoms with E-state index in [1.54, 1.807) is 31.4 Å². The molecule has 0 aromatic heterocycles. The Balaban J connectivity index is 2.19. The second-order valence-electron chi connectivity index (χ2n) is 4.15. The lowest BCUT2D eigenvalue weighted by Gasteiger charge is -2.14. The molecule has 0 heterocycles. The highest BCUT2D eigenvalue weighted by molar-refractivity contribution is 6.32. The first kappa shape index (κ1) is 14.0. The summed E-state index contributed by atoms with van der Waals surface area (Å²) in [5.74, 6) is 0.744. The molecule has 2 N–H and O–H groups in total. The number of aromatic hydroxyl groups is 1. The molecule has 0 fully saturated rings. The molecule has 5 heteroatoms. The van der Waals surface area contributed by atoms with Crippen LogP contribution in [0, 0.1) is 11.3 Å². The molecule has 0 aliphatic carbocycles. The second kappa shape index (κ2) is 6.18. The van der Waals surface area contributed by atoms with Crippen molar-refractivity contribution in [2.24, 2.45) is 0 Å². The first-order valence-electron chi connectivity index (χ1n) is 5.92. The number of hydrogen-bond acceptors (Lipinski definition) is 4. The number of benzene rings is 2. The zero-order valence-corrected chi connectivity index (χ0v) is 11.6. The van der Waals surface area contributed by atoms with Crippen LogP contribution >= 0.6 is 11.6 Å². The van der Waals surface area contributed by atoms with Gasteiger partial charge in [-0.2, -0.15) is 5.26 Å². The fourth-order valence-corrected chi connectivity index (χ4v) is 1.94. The van der Waals surface area contributed by atoms with Gasteiger partial charge in [-0.1, -0.05) is 17.7 Å². The molecule has 20 heavy (non-hydrogen) atoms. The van der Waals surface area contributed by atoms with Crippen LogP contribution < -0.4 is 10.1 Å². The van der Waals surface area contributed by atoms with Crippen LogP contribution in [0.2, 0.25) is 5.02 Å². The summed E-state index contributed by atoms with van der Waals surface area (Å²) in [4.78, 5) is 0. The fraction of sp³-hybridized carbons (Fsp3) is 0.133. The number of halogens is 1. The Morgan fingerprint density at radius 1 is 1.25 bits per heavy atom. The molecular weight excluding hydrogens is 276 g/mol. The van der Waals surface area contributed by atoms with E-state index in [1.165, 1.54) is 6.07 Å². The molecule has 1 unspecified atom stereocenters. The maximum atomic E-state index is 9.40. The summed E-state index contributed by atoms with van der Waals surface area (Å²) in [7, 11) is 1.60. The molecule has 0 aliphatic heterocycles. The molecule has 2 aromatic carbocycles. The van der Waals surface area contributed by atoms with Gasteiger partial charge in [-0.15, -0.1) is 0 Å². The molecule has 2 aromatic rings. The van der Waals surface area contributed by atoms with Gasteiger partial charge in [0.2, 0.25) is 0 Å². The minimum Gasteiger partial charge on any atom is -0.506 e. The lowest BCUT2D eigenvalue weighted by atomic mass is 10.1. The van der Waals surface area contributed by atoms with E-state index in [1.807, 2.05) is 12.1 Å². The molecular formula is C15H13ClN2O2. The van der Waals surface area contributed by atoms with Gasteiger partial charge >= 0.3 is 0 Å². The minimum atomic E-state index is -0.554. The molecule has 0 aliphatic rings. The van der Waals surface area contributed by atoms with Crippen LogP contribution in [-0.4, -0.2) is 12.2 Å². The van der Waals surface area contributed by atoms with Crippen molar-refractivity contribution in [2.45, 2.75) is 6.04 Å². The highest BCUT2D eigenvalue weighted by Gasteiger charge is 2.12. The number of nitriles is 1. The highest BCUT2D eigenvalue weighted by atomic mass is 35.5. The third kappa shape index (κ3) is 3.14. The molecule has 1 atom stereocenters. The summed E-state index contributed by atoms with van der Waals surface area (Å²) >= 11 is 5.85. The molecule has 102 valence electrons. The van der Waals surface area contributed by atoms with Gasteiger partial charge in [-0.05, 0) is 42.0 Å². The van der Waals surface area contributed by atoms with Crippen molar-refractivity contribution in [3.63, 3.8) is 0 Å². The van der Waals surface area contributed by atoms with Crippen LogP contribution in [0.4, 0.5) is 5.69 Å². The number of anilines is 1. The van der Waals surface area contributed by atoms with E-state index in [-0.39, 0.29) is 10.8 Å². The van der Waals surface area contributed by atoms with Crippen molar-refractivity contribution in [3.8, 4) is 17.6 Å². The van der Waals surface area contributed by atoms with E-state index < -0.39 is 6.04 Å². The number of methoxy groups -OCH3 is 1. The van der Waals surface area contributed by atoms with Crippen molar-refractivity contribution in [1.29, 1.82) is 5.26 Å². The average molecular weight is 289 g/mol. The molecule has 0 saturated heterocycles. The van der Waals surface area contributed by atoms with Gasteiger partial charge in [0.05, 0.1) is 18.2 Å². The normalized spacial score (nSPS) is 11.4. The number of phenolic OH excluding ortho intramolecular Hbond substituents is 1. The molecule has 0 spiro atoms. The van der Waals surface area contributed by atoms with Crippen molar-refractivity contribution >= 4 is 17.3 Å². The maximum Gasteiger partial charge on any atom is 0.140 e. The Morgan fingerprint density at radius 3 is 2.50 bits per heavy atom. The largest absolute Gasteiger partial charge is 0.506 e. The molecule has 0 radical (unpaired) electrons. The minimum absolute atomic E-state index is 0.00319. The maximum absolute atomic E-state index is 9.40. The van der Waals surface area contributed by atoms with Gasteiger partial charge in [0.25, 0.3) is 0 Å². The van der Waals surface area contributed by atoms with Gasteiger partial charge in [-0.25, -0.2) is 0 Å². The first-order chi connectivity index (χ1) is 9.63. The zero-order valence-electron chi connectivity index (χ0n) is 10.8. The Kier molecular flexibility index (Phi) is 4.34. The van der Waals surface area contributed by atoms with Crippen LogP contribution in [0.3, 0.4) is 0 Å². The lowest BCUT2D eigenvalue weighted by Crippen LogP contribution is -2.08. The highest BCUT2D eigenvalue weighted by Crippen LogP contribution is 2.28.